The number of aryl methyl sites for hydroxylation is 1. The highest BCUT2D eigenvalue weighted by atomic mass is 16.5. The molecular formula is C25H33N7O2. The first-order chi connectivity index (χ1) is 16.7. The summed E-state index contributed by atoms with van der Waals surface area (Å²) in [5, 5.41) is 13.9. The lowest BCUT2D eigenvalue weighted by Gasteiger charge is -2.41. The summed E-state index contributed by atoms with van der Waals surface area (Å²) in [7, 11) is 0. The highest BCUT2D eigenvalue weighted by molar-refractivity contribution is 5.80. The Hall–Kier alpha value is -2.62. The zero-order chi connectivity index (χ0) is 23.1. The molecular weight excluding hydrogens is 430 g/mol. The van der Waals surface area contributed by atoms with Crippen molar-refractivity contribution < 1.29 is 4.74 Å². The van der Waals surface area contributed by atoms with Crippen LogP contribution in [0.2, 0.25) is 0 Å². The van der Waals surface area contributed by atoms with Crippen molar-refractivity contribution >= 4 is 10.9 Å². The van der Waals surface area contributed by atoms with E-state index in [9.17, 15) is 4.79 Å². The van der Waals surface area contributed by atoms with Crippen LogP contribution < -0.4 is 5.56 Å². The van der Waals surface area contributed by atoms with Crippen molar-refractivity contribution in [2.24, 2.45) is 0 Å². The van der Waals surface area contributed by atoms with Gasteiger partial charge in [-0.25, -0.2) is 4.68 Å². The summed E-state index contributed by atoms with van der Waals surface area (Å²) < 4.78 is 7.74. The van der Waals surface area contributed by atoms with E-state index >= 15 is 0 Å². The third-order valence-electron chi connectivity index (χ3n) is 7.83. The maximum Gasteiger partial charge on any atom is 0.253 e. The summed E-state index contributed by atoms with van der Waals surface area (Å²) in [6.07, 6.45) is 5.61. The Bertz CT molecular complexity index is 1220. The number of fused-ring (bicyclic) bond motifs is 2. The molecule has 3 aliphatic rings. The maximum atomic E-state index is 13.5. The van der Waals surface area contributed by atoms with E-state index in [0.717, 1.165) is 67.8 Å². The van der Waals surface area contributed by atoms with E-state index in [1.165, 1.54) is 24.9 Å². The molecule has 2 aromatic heterocycles. The molecule has 0 unspecified atom stereocenters. The van der Waals surface area contributed by atoms with Gasteiger partial charge in [0.05, 0.1) is 12.6 Å². The van der Waals surface area contributed by atoms with Crippen molar-refractivity contribution in [2.45, 2.75) is 63.8 Å². The van der Waals surface area contributed by atoms with Gasteiger partial charge in [-0.3, -0.25) is 14.6 Å². The van der Waals surface area contributed by atoms with Gasteiger partial charge < -0.3 is 9.72 Å². The molecule has 1 N–H and O–H groups in total. The molecule has 3 fully saturated rings. The van der Waals surface area contributed by atoms with Crippen LogP contribution in [0.5, 0.6) is 0 Å². The molecule has 0 saturated carbocycles. The summed E-state index contributed by atoms with van der Waals surface area (Å²) >= 11 is 0. The number of ether oxygens (including phenoxy) is 1. The Morgan fingerprint density at radius 3 is 2.97 bits per heavy atom. The highest BCUT2D eigenvalue weighted by Gasteiger charge is 2.38. The van der Waals surface area contributed by atoms with Crippen LogP contribution in [-0.4, -0.2) is 79.9 Å². The average Bonchev–Trinajstić information content (AvgIpc) is 3.62. The van der Waals surface area contributed by atoms with E-state index in [1.807, 2.05) is 10.7 Å². The molecule has 9 nitrogen and oxygen atoms in total. The number of hydrogen-bond acceptors (Lipinski definition) is 7. The second kappa shape index (κ2) is 9.20. The van der Waals surface area contributed by atoms with Gasteiger partial charge in [0.2, 0.25) is 0 Å². The van der Waals surface area contributed by atoms with Crippen LogP contribution in [0.25, 0.3) is 10.9 Å². The molecule has 180 valence electrons. The molecule has 9 heteroatoms. The molecule has 0 bridgehead atoms. The van der Waals surface area contributed by atoms with E-state index in [1.54, 1.807) is 0 Å². The molecule has 0 aliphatic carbocycles. The molecule has 6 rings (SSSR count). The Morgan fingerprint density at radius 2 is 2.12 bits per heavy atom. The number of piperazine rings is 1. The van der Waals surface area contributed by atoms with Crippen LogP contribution in [-0.2, 0) is 17.7 Å². The molecule has 34 heavy (non-hydrogen) atoms. The number of nitrogens with zero attached hydrogens (tertiary/aromatic N) is 6. The second-order valence-corrected chi connectivity index (χ2v) is 9.91. The van der Waals surface area contributed by atoms with Crippen LogP contribution in [0.3, 0.4) is 0 Å². The number of hydrogen-bond donors (Lipinski definition) is 1. The van der Waals surface area contributed by atoms with Gasteiger partial charge in [-0.05, 0) is 78.2 Å². The predicted molar refractivity (Wildman–Crippen MR) is 129 cm³/mol. The first-order valence-electron chi connectivity index (χ1n) is 12.7. The summed E-state index contributed by atoms with van der Waals surface area (Å²) in [5.41, 5.74) is 2.77. The minimum absolute atomic E-state index is 0.0673. The molecule has 0 amide bonds. The fourth-order valence-electron chi connectivity index (χ4n) is 5.96. The second-order valence-electron chi connectivity index (χ2n) is 9.91. The Kier molecular flexibility index (Phi) is 5.92. The van der Waals surface area contributed by atoms with Gasteiger partial charge in [0.25, 0.3) is 5.56 Å². The van der Waals surface area contributed by atoms with Gasteiger partial charge in [-0.15, -0.1) is 5.10 Å². The van der Waals surface area contributed by atoms with Crippen LogP contribution in [0.15, 0.2) is 29.1 Å². The van der Waals surface area contributed by atoms with E-state index < -0.39 is 0 Å². The number of benzene rings is 1. The molecule has 3 aromatic rings. The highest BCUT2D eigenvalue weighted by Crippen LogP contribution is 2.32. The minimum atomic E-state index is -0.294. The predicted octanol–water partition coefficient (Wildman–Crippen LogP) is 2.13. The lowest BCUT2D eigenvalue weighted by Crippen LogP contribution is -2.52. The average molecular weight is 464 g/mol. The largest absolute Gasteiger partial charge is 0.376 e. The molecule has 5 heterocycles. The van der Waals surface area contributed by atoms with E-state index in [2.05, 4.69) is 55.4 Å². The number of H-pyrrole nitrogens is 1. The van der Waals surface area contributed by atoms with Gasteiger partial charge in [-0.1, -0.05) is 13.0 Å². The van der Waals surface area contributed by atoms with Crippen molar-refractivity contribution in [2.75, 3.05) is 32.8 Å². The Morgan fingerprint density at radius 1 is 1.18 bits per heavy atom. The zero-order valence-corrected chi connectivity index (χ0v) is 19.8. The smallest absolute Gasteiger partial charge is 0.253 e. The quantitative estimate of drug-likeness (QED) is 0.599. The van der Waals surface area contributed by atoms with Crippen LogP contribution in [0.1, 0.15) is 55.6 Å². The molecule has 0 spiro atoms. The Labute approximate surface area is 199 Å². The van der Waals surface area contributed by atoms with Crippen molar-refractivity contribution in [3.63, 3.8) is 0 Å². The first kappa shape index (κ1) is 21.9. The normalized spacial score (nSPS) is 24.6. The molecule has 0 radical (unpaired) electrons. The van der Waals surface area contributed by atoms with Crippen molar-refractivity contribution in [3.8, 4) is 0 Å². The number of aromatic amines is 1. The summed E-state index contributed by atoms with van der Waals surface area (Å²) in [6.45, 7) is 7.56. The van der Waals surface area contributed by atoms with E-state index in [4.69, 9.17) is 4.74 Å². The fourth-order valence-corrected chi connectivity index (χ4v) is 5.96. The van der Waals surface area contributed by atoms with Gasteiger partial charge >= 0.3 is 0 Å². The molecule has 3 aliphatic heterocycles. The number of pyridine rings is 1. The fraction of sp³-hybridized carbons (Fsp3) is 0.600. The third-order valence-corrected chi connectivity index (χ3v) is 7.83. The van der Waals surface area contributed by atoms with Crippen LogP contribution in [0.4, 0.5) is 0 Å². The third kappa shape index (κ3) is 4.06. The first-order valence-corrected chi connectivity index (χ1v) is 12.7. The summed E-state index contributed by atoms with van der Waals surface area (Å²) in [5.74, 6) is 0.735. The van der Waals surface area contributed by atoms with Crippen molar-refractivity contribution in [3.05, 3.63) is 51.6 Å². The van der Waals surface area contributed by atoms with Gasteiger partial charge in [0, 0.05) is 43.4 Å². The topological polar surface area (TPSA) is 92.2 Å². The number of rotatable bonds is 6. The number of nitrogens with one attached hydrogen (secondary N) is 1. The minimum Gasteiger partial charge on any atom is -0.376 e. The van der Waals surface area contributed by atoms with Crippen molar-refractivity contribution in [1.82, 2.24) is 35.0 Å². The Balaban J connectivity index is 1.43. The summed E-state index contributed by atoms with van der Waals surface area (Å²) in [4.78, 5) is 21.6. The SMILES string of the molecule is CCc1ccc2[nH]c(=O)c([C@H](c3nnnn3C[C@@H]3CCCO3)N3CCN4CCC[C@H]4C3)cc2c1. The van der Waals surface area contributed by atoms with E-state index in [-0.39, 0.29) is 17.7 Å². The van der Waals surface area contributed by atoms with Crippen molar-refractivity contribution in [1.29, 1.82) is 0 Å². The van der Waals surface area contributed by atoms with E-state index in [0.29, 0.717) is 12.6 Å². The molecule has 3 atom stereocenters. The maximum absolute atomic E-state index is 13.5. The lowest BCUT2D eigenvalue weighted by atomic mass is 10.00. The zero-order valence-electron chi connectivity index (χ0n) is 19.8. The van der Waals surface area contributed by atoms with Crippen LogP contribution in [0, 0.1) is 0 Å². The van der Waals surface area contributed by atoms with Gasteiger partial charge in [-0.2, -0.15) is 0 Å². The lowest BCUT2D eigenvalue weighted by molar-refractivity contribution is 0.0728. The van der Waals surface area contributed by atoms with Crippen LogP contribution >= 0.6 is 0 Å². The van der Waals surface area contributed by atoms with Gasteiger partial charge in [0.1, 0.15) is 6.04 Å². The molecule has 1 aromatic carbocycles. The monoisotopic (exact) mass is 463 g/mol. The molecule has 3 saturated heterocycles. The van der Waals surface area contributed by atoms with Gasteiger partial charge in [0.15, 0.2) is 5.82 Å². The number of tetrazole rings is 1. The number of aromatic nitrogens is 5. The summed E-state index contributed by atoms with van der Waals surface area (Å²) in [6, 6.07) is 8.56. The standard InChI is InChI=1S/C25H33N7O2/c1-2-17-7-8-22-18(13-17)14-21(25(33)26-22)23(31-11-10-30-9-3-5-19(30)15-31)24-27-28-29-32(24)16-20-6-4-12-34-20/h7-8,13-14,19-20,23H,2-6,9-12,15-16H2,1H3,(H,26,33)/t19-,20-,23+/m0/s1.